The first-order valence-corrected chi connectivity index (χ1v) is 9.09. The molecule has 0 saturated carbocycles. The molecule has 0 spiro atoms. The lowest BCUT2D eigenvalue weighted by Gasteiger charge is -2.17. The Morgan fingerprint density at radius 3 is 2.04 bits per heavy atom. The van der Waals surface area contributed by atoms with E-state index in [1.807, 2.05) is 30.3 Å². The van der Waals surface area contributed by atoms with Gasteiger partial charge in [0, 0.05) is 6.07 Å². The predicted octanol–water partition coefficient (Wildman–Crippen LogP) is -0.102. The van der Waals surface area contributed by atoms with E-state index in [0.29, 0.717) is 0 Å². The summed E-state index contributed by atoms with van der Waals surface area (Å²) >= 11 is 7.96. The van der Waals surface area contributed by atoms with Gasteiger partial charge in [0.1, 0.15) is 16.6 Å². The molecule has 0 saturated heterocycles. The van der Waals surface area contributed by atoms with Crippen LogP contribution in [0.5, 0.6) is 0 Å². The Balaban J connectivity index is 0.000000368. The zero-order valence-corrected chi connectivity index (χ0v) is 14.8. The van der Waals surface area contributed by atoms with Gasteiger partial charge in [0.2, 0.25) is 5.69 Å². The molecular weight excluding hydrogens is 373 g/mol. The third kappa shape index (κ3) is 5.54. The van der Waals surface area contributed by atoms with Crippen LogP contribution >= 0.6 is 23.1 Å². The predicted molar refractivity (Wildman–Crippen MR) is 81.0 cm³/mol. The van der Waals surface area contributed by atoms with Crippen LogP contribution in [0.15, 0.2) is 60.8 Å². The second-order valence-corrected chi connectivity index (χ2v) is 7.06. The Bertz CT molecular complexity index is 797. The minimum absolute atomic E-state index is 0.772. The smallest absolute Gasteiger partial charge is 0.222 e. The van der Waals surface area contributed by atoms with E-state index in [1.165, 1.54) is 16.0 Å². The number of aryl methyl sites for hydroxylation is 1. The number of halogens is 2. The highest BCUT2D eigenvalue weighted by Gasteiger charge is 2.18. The van der Waals surface area contributed by atoms with Gasteiger partial charge in [0.25, 0.3) is 0 Å². The van der Waals surface area contributed by atoms with Crippen LogP contribution in [0.3, 0.4) is 0 Å². The molecule has 2 aromatic carbocycles. The number of benzene rings is 2. The van der Waals surface area contributed by atoms with Gasteiger partial charge in [-0.1, -0.05) is 54.1 Å². The first-order chi connectivity index (χ1) is 11.3. The fourth-order valence-electron chi connectivity index (χ4n) is 2.08. The molecule has 0 fully saturated rings. The summed E-state index contributed by atoms with van der Waals surface area (Å²) in [5.74, 6) is 0. The zero-order valence-electron chi connectivity index (χ0n) is 12.5. The van der Waals surface area contributed by atoms with Crippen LogP contribution in [0, 0.1) is 17.2 Å². The molecular formula is C16H13Cl2NO4S. The average Bonchev–Trinajstić information content (AvgIpc) is 2.89. The van der Waals surface area contributed by atoms with E-state index >= 15 is 0 Å². The van der Waals surface area contributed by atoms with Gasteiger partial charge in [-0.05, 0) is 18.6 Å². The molecule has 0 aliphatic rings. The highest BCUT2D eigenvalue weighted by atomic mass is 35.7. The topological polar surface area (TPSA) is 96.1 Å². The molecule has 3 aromatic rings. The van der Waals surface area contributed by atoms with Gasteiger partial charge >= 0.3 is 0 Å². The third-order valence-electron chi connectivity index (χ3n) is 3.04. The van der Waals surface area contributed by atoms with Gasteiger partial charge in [-0.2, -0.15) is 0 Å². The van der Waals surface area contributed by atoms with Crippen LogP contribution in [0.2, 0.25) is 5.02 Å². The van der Waals surface area contributed by atoms with Crippen molar-refractivity contribution in [2.45, 2.75) is 6.92 Å². The van der Waals surface area contributed by atoms with E-state index in [2.05, 4.69) is 41.3 Å². The molecule has 24 heavy (non-hydrogen) atoms. The summed E-state index contributed by atoms with van der Waals surface area (Å²) < 4.78 is 36.1. The van der Waals surface area contributed by atoms with E-state index in [4.69, 9.17) is 30.2 Å². The van der Waals surface area contributed by atoms with Gasteiger partial charge in [-0.25, -0.2) is 18.6 Å². The number of para-hydroxylation sites is 1. The van der Waals surface area contributed by atoms with E-state index in [0.717, 1.165) is 10.7 Å². The van der Waals surface area contributed by atoms with Crippen molar-refractivity contribution in [2.24, 2.45) is 0 Å². The molecule has 5 nitrogen and oxygen atoms in total. The number of rotatable bonds is 2. The summed E-state index contributed by atoms with van der Waals surface area (Å²) in [5.41, 5.74) is 3.52. The number of hydrogen-bond donors (Lipinski definition) is 0. The van der Waals surface area contributed by atoms with Crippen LogP contribution in [-0.4, -0.2) is 0 Å². The summed E-state index contributed by atoms with van der Waals surface area (Å²) in [7, 11) is -4.94. The maximum Gasteiger partial charge on any atom is 0.243 e. The lowest BCUT2D eigenvalue weighted by molar-refractivity contribution is -2.00. The monoisotopic (exact) mass is 385 g/mol. The van der Waals surface area contributed by atoms with E-state index in [-0.39, 0.29) is 0 Å². The molecule has 0 bridgehead atoms. The quantitative estimate of drug-likeness (QED) is 0.575. The van der Waals surface area contributed by atoms with Gasteiger partial charge in [-0.3, -0.25) is 0 Å². The molecule has 0 aliphatic heterocycles. The lowest BCUT2D eigenvalue weighted by atomic mass is 10.1. The van der Waals surface area contributed by atoms with Crippen LogP contribution in [0.1, 0.15) is 4.88 Å². The van der Waals surface area contributed by atoms with Crippen molar-refractivity contribution in [1.82, 2.24) is 0 Å². The molecule has 0 N–H and O–H groups in total. The van der Waals surface area contributed by atoms with E-state index in [1.54, 1.807) is 11.5 Å². The second kappa shape index (κ2) is 8.04. The summed E-state index contributed by atoms with van der Waals surface area (Å²) in [4.78, 5) is 1.28. The van der Waals surface area contributed by atoms with Crippen molar-refractivity contribution in [3.63, 3.8) is 0 Å². The first kappa shape index (κ1) is 18.8. The number of aromatic nitrogens is 1. The SMILES string of the molecule is Cc1s[n+](-c2ccccc2Cl)cc1-c1ccccc1.[O-][Cl+3]([O-])([O-])[O-]. The average molecular weight is 386 g/mol. The Hall–Kier alpha value is -1.51. The highest BCUT2D eigenvalue weighted by Crippen LogP contribution is 2.26. The molecule has 1 aromatic heterocycles. The van der Waals surface area contributed by atoms with Gasteiger partial charge < -0.3 is 0 Å². The van der Waals surface area contributed by atoms with Crippen LogP contribution in [-0.2, 0) is 0 Å². The molecule has 3 rings (SSSR count). The fraction of sp³-hybridized carbons (Fsp3) is 0.0625. The largest absolute Gasteiger partial charge is 0.243 e. The molecule has 0 aliphatic carbocycles. The summed E-state index contributed by atoms with van der Waals surface area (Å²) in [6, 6.07) is 18.3. The number of hydrogen-bond acceptors (Lipinski definition) is 5. The van der Waals surface area contributed by atoms with Crippen molar-refractivity contribution in [2.75, 3.05) is 0 Å². The second-order valence-electron chi connectivity index (χ2n) is 4.71. The Morgan fingerprint density at radius 2 is 1.46 bits per heavy atom. The fourth-order valence-corrected chi connectivity index (χ4v) is 3.33. The molecule has 0 unspecified atom stereocenters. The normalized spacial score (nSPS) is 10.9. The molecule has 1 heterocycles. The maximum atomic E-state index is 8.49. The van der Waals surface area contributed by atoms with Crippen molar-refractivity contribution in [3.05, 3.63) is 70.7 Å². The van der Waals surface area contributed by atoms with Crippen LogP contribution < -0.4 is 22.6 Å². The zero-order chi connectivity index (χ0) is 17.7. The molecule has 8 heteroatoms. The van der Waals surface area contributed by atoms with E-state index in [9.17, 15) is 0 Å². The van der Waals surface area contributed by atoms with Gasteiger partial charge in [0.05, 0.1) is 10.4 Å². The standard InChI is InChI=1S/C16H13ClNS.ClHO4/c1-12-14(13-7-3-2-4-8-13)11-18(19-12)16-10-6-5-9-15(16)17;2-1(3,4)5/h2-11H,1H3;(H,2,3,4,5)/q+1;/p-1. The van der Waals surface area contributed by atoms with Gasteiger partial charge in [0.15, 0.2) is 6.20 Å². The number of nitrogens with zero attached hydrogens (tertiary/aromatic N) is 1. The third-order valence-corrected chi connectivity index (χ3v) is 4.35. The van der Waals surface area contributed by atoms with Crippen molar-refractivity contribution >= 4 is 23.1 Å². The van der Waals surface area contributed by atoms with E-state index < -0.39 is 10.2 Å². The molecule has 0 radical (unpaired) electrons. The summed E-state index contributed by atoms with van der Waals surface area (Å²) in [6.07, 6.45) is 2.15. The Kier molecular flexibility index (Phi) is 6.31. The van der Waals surface area contributed by atoms with Crippen molar-refractivity contribution in [1.29, 1.82) is 0 Å². The highest BCUT2D eigenvalue weighted by molar-refractivity contribution is 7.02. The van der Waals surface area contributed by atoms with Crippen molar-refractivity contribution < 1.29 is 32.8 Å². The summed E-state index contributed by atoms with van der Waals surface area (Å²) in [5, 5.41) is 0.772. The van der Waals surface area contributed by atoms with Crippen molar-refractivity contribution in [3.8, 4) is 16.8 Å². The van der Waals surface area contributed by atoms with Crippen LogP contribution in [0.25, 0.3) is 16.8 Å². The minimum Gasteiger partial charge on any atom is -0.222 e. The molecule has 0 amide bonds. The molecule has 126 valence electrons. The van der Waals surface area contributed by atoms with Crippen LogP contribution in [0.4, 0.5) is 0 Å². The minimum atomic E-state index is -4.94. The van der Waals surface area contributed by atoms with Gasteiger partial charge in [-0.15, -0.1) is 14.2 Å². The maximum absolute atomic E-state index is 8.49. The Morgan fingerprint density at radius 1 is 0.917 bits per heavy atom. The summed E-state index contributed by atoms with van der Waals surface area (Å²) in [6.45, 7) is 2.14. The molecule has 0 atom stereocenters. The lowest BCUT2D eigenvalue weighted by Crippen LogP contribution is -2.68. The Labute approximate surface area is 150 Å². The first-order valence-electron chi connectivity index (χ1n) is 6.70.